The highest BCUT2D eigenvalue weighted by molar-refractivity contribution is 5.87. The molecule has 0 saturated carbocycles. The Hall–Kier alpha value is -3.28. The summed E-state index contributed by atoms with van der Waals surface area (Å²) in [6, 6.07) is 21.3. The second-order valence-corrected chi connectivity index (χ2v) is 8.11. The molecular weight excluding hydrogens is 413 g/mol. The van der Waals surface area contributed by atoms with Crippen LogP contribution in [0.25, 0.3) is 0 Å². The van der Waals surface area contributed by atoms with Gasteiger partial charge in [-0.2, -0.15) is 13.2 Å². The van der Waals surface area contributed by atoms with E-state index in [1.807, 2.05) is 66.4 Å². The highest BCUT2D eigenvalue weighted by Crippen LogP contribution is 2.37. The van der Waals surface area contributed by atoms with Crippen molar-refractivity contribution in [2.24, 2.45) is 0 Å². The third kappa shape index (κ3) is 4.64. The van der Waals surface area contributed by atoms with E-state index >= 15 is 0 Å². The molecule has 0 bridgehead atoms. The maximum Gasteiger partial charge on any atom is 0.416 e. The standard InChI is InChI=1S/C26H25F3N2O/c1-18-8-5-6-11-22(18)23-12-7-17-31(23)25(32)24(30-21-9-3-2-4-10-21)19-13-15-20(16-14-19)26(27,28)29/h2-6,8-11,13-16,23-24,30H,7,12,17H2,1H3. The minimum absolute atomic E-state index is 0.0433. The SMILES string of the molecule is Cc1ccccc1C1CCCN1C(=O)C(Nc1ccccc1)c1ccc(C(F)(F)F)cc1. The molecule has 1 fully saturated rings. The number of likely N-dealkylation sites (tertiary alicyclic amines) is 1. The van der Waals surface area contributed by atoms with Crippen LogP contribution >= 0.6 is 0 Å². The van der Waals surface area contributed by atoms with E-state index in [1.165, 1.54) is 12.1 Å². The number of benzene rings is 3. The Morgan fingerprint density at radius 1 is 0.969 bits per heavy atom. The molecule has 1 aliphatic heterocycles. The summed E-state index contributed by atoms with van der Waals surface area (Å²) in [5.74, 6) is -0.139. The fraction of sp³-hybridized carbons (Fsp3) is 0.269. The number of carbonyl (C=O) groups is 1. The van der Waals surface area contributed by atoms with Crippen LogP contribution in [0.2, 0.25) is 0 Å². The van der Waals surface area contributed by atoms with E-state index in [-0.39, 0.29) is 11.9 Å². The van der Waals surface area contributed by atoms with Gasteiger partial charge in [-0.05, 0) is 60.7 Å². The molecule has 4 rings (SSSR count). The maximum absolute atomic E-state index is 13.8. The molecule has 3 aromatic carbocycles. The lowest BCUT2D eigenvalue weighted by atomic mass is 9.98. The van der Waals surface area contributed by atoms with Crippen LogP contribution in [-0.2, 0) is 11.0 Å². The number of nitrogens with zero attached hydrogens (tertiary/aromatic N) is 1. The third-order valence-electron chi connectivity index (χ3n) is 5.99. The summed E-state index contributed by atoms with van der Waals surface area (Å²) in [5, 5.41) is 3.24. The molecule has 0 aromatic heterocycles. The average Bonchev–Trinajstić information content (AvgIpc) is 3.27. The van der Waals surface area contributed by atoms with Crippen LogP contribution in [0.15, 0.2) is 78.9 Å². The van der Waals surface area contributed by atoms with Crippen LogP contribution in [0.5, 0.6) is 0 Å². The van der Waals surface area contributed by atoms with Gasteiger partial charge in [0, 0.05) is 12.2 Å². The zero-order valence-corrected chi connectivity index (χ0v) is 17.8. The van der Waals surface area contributed by atoms with E-state index in [1.54, 1.807) is 0 Å². The Morgan fingerprint density at radius 3 is 2.28 bits per heavy atom. The van der Waals surface area contributed by atoms with Gasteiger partial charge in [-0.1, -0.05) is 54.6 Å². The van der Waals surface area contributed by atoms with Gasteiger partial charge < -0.3 is 10.2 Å². The summed E-state index contributed by atoms with van der Waals surface area (Å²) < 4.78 is 39.2. The van der Waals surface area contributed by atoms with Crippen LogP contribution < -0.4 is 5.32 Å². The molecule has 3 aromatic rings. The monoisotopic (exact) mass is 438 g/mol. The first-order chi connectivity index (χ1) is 15.3. The second-order valence-electron chi connectivity index (χ2n) is 8.11. The van der Waals surface area contributed by atoms with E-state index in [0.717, 1.165) is 41.8 Å². The van der Waals surface area contributed by atoms with Crippen molar-refractivity contribution in [3.05, 3.63) is 101 Å². The predicted octanol–water partition coefficient (Wildman–Crippen LogP) is 6.53. The normalized spacial score (nSPS) is 17.2. The molecule has 1 aliphatic rings. The van der Waals surface area contributed by atoms with Crippen molar-refractivity contribution in [3.8, 4) is 0 Å². The minimum Gasteiger partial charge on any atom is -0.370 e. The van der Waals surface area contributed by atoms with Gasteiger partial charge in [0.2, 0.25) is 5.91 Å². The average molecular weight is 438 g/mol. The quantitative estimate of drug-likeness (QED) is 0.491. The fourth-order valence-corrected chi connectivity index (χ4v) is 4.33. The van der Waals surface area contributed by atoms with E-state index in [0.29, 0.717) is 12.1 Å². The van der Waals surface area contributed by atoms with E-state index in [4.69, 9.17) is 0 Å². The molecule has 3 nitrogen and oxygen atoms in total. The summed E-state index contributed by atoms with van der Waals surface area (Å²) in [7, 11) is 0. The van der Waals surface area contributed by atoms with Crippen LogP contribution in [-0.4, -0.2) is 17.4 Å². The molecular formula is C26H25F3N2O. The summed E-state index contributed by atoms with van der Waals surface area (Å²) in [5.41, 5.74) is 2.74. The van der Waals surface area contributed by atoms with Crippen molar-refractivity contribution in [1.29, 1.82) is 0 Å². The number of rotatable bonds is 5. The molecule has 0 aliphatic carbocycles. The molecule has 1 saturated heterocycles. The number of halogens is 3. The molecule has 2 atom stereocenters. The van der Waals surface area contributed by atoms with Gasteiger partial charge >= 0.3 is 6.18 Å². The van der Waals surface area contributed by atoms with Gasteiger partial charge in [-0.3, -0.25) is 4.79 Å². The van der Waals surface area contributed by atoms with Gasteiger partial charge in [-0.15, -0.1) is 0 Å². The van der Waals surface area contributed by atoms with Crippen LogP contribution in [0.4, 0.5) is 18.9 Å². The van der Waals surface area contributed by atoms with E-state index < -0.39 is 17.8 Å². The smallest absolute Gasteiger partial charge is 0.370 e. The van der Waals surface area contributed by atoms with E-state index in [2.05, 4.69) is 5.32 Å². The molecule has 1 amide bonds. The number of hydrogen-bond donors (Lipinski definition) is 1. The number of anilines is 1. The number of carbonyl (C=O) groups excluding carboxylic acids is 1. The second kappa shape index (κ2) is 9.07. The summed E-state index contributed by atoms with van der Waals surface area (Å²) in [6.45, 7) is 2.65. The van der Waals surface area contributed by atoms with Crippen LogP contribution in [0.1, 0.15) is 47.2 Å². The zero-order chi connectivity index (χ0) is 22.7. The van der Waals surface area contributed by atoms with Gasteiger partial charge in [0.25, 0.3) is 0 Å². The maximum atomic E-state index is 13.8. The number of amides is 1. The van der Waals surface area contributed by atoms with Crippen molar-refractivity contribution >= 4 is 11.6 Å². The summed E-state index contributed by atoms with van der Waals surface area (Å²) in [4.78, 5) is 15.6. The molecule has 32 heavy (non-hydrogen) atoms. The summed E-state index contributed by atoms with van der Waals surface area (Å²) in [6.07, 6.45) is -2.67. The first-order valence-electron chi connectivity index (χ1n) is 10.7. The van der Waals surface area contributed by atoms with Crippen molar-refractivity contribution in [3.63, 3.8) is 0 Å². The zero-order valence-electron chi connectivity index (χ0n) is 17.8. The number of alkyl halides is 3. The Kier molecular flexibility index (Phi) is 6.21. The van der Waals surface area contributed by atoms with Crippen LogP contribution in [0, 0.1) is 6.92 Å². The highest BCUT2D eigenvalue weighted by atomic mass is 19.4. The van der Waals surface area contributed by atoms with Gasteiger partial charge in [0.1, 0.15) is 6.04 Å². The molecule has 6 heteroatoms. The summed E-state index contributed by atoms with van der Waals surface area (Å²) >= 11 is 0. The Balaban J connectivity index is 1.67. The highest BCUT2D eigenvalue weighted by Gasteiger charge is 2.36. The number of hydrogen-bond acceptors (Lipinski definition) is 2. The first kappa shape index (κ1) is 21.9. The largest absolute Gasteiger partial charge is 0.416 e. The molecule has 166 valence electrons. The Bertz CT molecular complexity index is 1060. The molecule has 1 heterocycles. The number of aryl methyl sites for hydroxylation is 1. The lowest BCUT2D eigenvalue weighted by Gasteiger charge is -2.31. The van der Waals surface area contributed by atoms with Crippen molar-refractivity contribution in [2.45, 2.75) is 38.0 Å². The third-order valence-corrected chi connectivity index (χ3v) is 5.99. The van der Waals surface area contributed by atoms with Gasteiger partial charge in [-0.25, -0.2) is 0 Å². The Morgan fingerprint density at radius 2 is 1.62 bits per heavy atom. The Labute approximate surface area is 185 Å². The van der Waals surface area contributed by atoms with Crippen molar-refractivity contribution in [1.82, 2.24) is 4.90 Å². The predicted molar refractivity (Wildman–Crippen MR) is 119 cm³/mol. The van der Waals surface area contributed by atoms with Gasteiger partial charge in [0.15, 0.2) is 0 Å². The molecule has 0 radical (unpaired) electrons. The molecule has 2 unspecified atom stereocenters. The minimum atomic E-state index is -4.42. The topological polar surface area (TPSA) is 32.3 Å². The van der Waals surface area contributed by atoms with Gasteiger partial charge in [0.05, 0.1) is 11.6 Å². The lowest BCUT2D eigenvalue weighted by Crippen LogP contribution is -2.38. The number of para-hydroxylation sites is 1. The fourth-order valence-electron chi connectivity index (χ4n) is 4.33. The van der Waals surface area contributed by atoms with E-state index in [9.17, 15) is 18.0 Å². The van der Waals surface area contributed by atoms with Crippen molar-refractivity contribution < 1.29 is 18.0 Å². The molecule has 1 N–H and O–H groups in total. The first-order valence-corrected chi connectivity index (χ1v) is 10.7. The van der Waals surface area contributed by atoms with Crippen LogP contribution in [0.3, 0.4) is 0 Å². The molecule has 0 spiro atoms. The van der Waals surface area contributed by atoms with Crippen molar-refractivity contribution in [2.75, 3.05) is 11.9 Å². The number of nitrogens with one attached hydrogen (secondary N) is 1. The lowest BCUT2D eigenvalue weighted by molar-refractivity contribution is -0.137.